The molecule has 0 unspecified atom stereocenters. The van der Waals surface area contributed by atoms with Gasteiger partial charge in [-0.2, -0.15) is 13.2 Å². The summed E-state index contributed by atoms with van der Waals surface area (Å²) >= 11 is 0. The SMILES string of the molecule is C=C/C(=C\C(=C)C(F)(F)F)Nc1nnc(-c2ccc(Oc3cc(N)ncn3)cc2)o1. The van der Waals surface area contributed by atoms with Crippen LogP contribution in [0.4, 0.5) is 25.0 Å². The van der Waals surface area contributed by atoms with Crippen LogP contribution in [0.2, 0.25) is 0 Å². The lowest BCUT2D eigenvalue weighted by molar-refractivity contribution is -0.0878. The number of rotatable bonds is 7. The average molecular weight is 416 g/mol. The second kappa shape index (κ2) is 8.47. The predicted molar refractivity (Wildman–Crippen MR) is 103 cm³/mol. The van der Waals surface area contributed by atoms with Gasteiger partial charge in [-0.05, 0) is 36.4 Å². The molecule has 0 saturated carbocycles. The zero-order valence-electron chi connectivity index (χ0n) is 15.3. The van der Waals surface area contributed by atoms with Gasteiger partial charge in [-0.25, -0.2) is 9.97 Å². The highest BCUT2D eigenvalue weighted by molar-refractivity contribution is 5.55. The molecule has 0 aliphatic carbocycles. The maximum Gasteiger partial charge on any atom is 0.415 e. The third-order valence-electron chi connectivity index (χ3n) is 3.58. The van der Waals surface area contributed by atoms with Gasteiger partial charge in [0.05, 0.1) is 5.57 Å². The van der Waals surface area contributed by atoms with Gasteiger partial charge in [0.25, 0.3) is 0 Å². The molecule has 2 heterocycles. The summed E-state index contributed by atoms with van der Waals surface area (Å²) in [4.78, 5) is 7.71. The van der Waals surface area contributed by atoms with Crippen LogP contribution in [0.25, 0.3) is 11.5 Å². The van der Waals surface area contributed by atoms with E-state index in [9.17, 15) is 13.2 Å². The van der Waals surface area contributed by atoms with Gasteiger partial charge in [-0.15, -0.1) is 5.10 Å². The normalized spacial score (nSPS) is 11.8. The van der Waals surface area contributed by atoms with Gasteiger partial charge >= 0.3 is 12.2 Å². The first-order chi connectivity index (χ1) is 14.2. The monoisotopic (exact) mass is 416 g/mol. The highest BCUT2D eigenvalue weighted by Crippen LogP contribution is 2.28. The van der Waals surface area contributed by atoms with E-state index in [1.54, 1.807) is 24.3 Å². The number of nitrogens with zero attached hydrogens (tertiary/aromatic N) is 4. The van der Waals surface area contributed by atoms with Crippen LogP contribution in [0.15, 0.2) is 77.7 Å². The molecule has 154 valence electrons. The highest BCUT2D eigenvalue weighted by atomic mass is 19.4. The second-order valence-electron chi connectivity index (χ2n) is 5.77. The second-order valence-corrected chi connectivity index (χ2v) is 5.77. The summed E-state index contributed by atoms with van der Waals surface area (Å²) in [5, 5.41) is 10.2. The van der Waals surface area contributed by atoms with E-state index in [-0.39, 0.29) is 29.3 Å². The molecule has 0 aliphatic heterocycles. The number of hydrogen-bond donors (Lipinski definition) is 2. The Morgan fingerprint density at radius 3 is 2.53 bits per heavy atom. The maximum absolute atomic E-state index is 12.6. The number of benzene rings is 1. The zero-order valence-corrected chi connectivity index (χ0v) is 15.3. The van der Waals surface area contributed by atoms with Crippen LogP contribution >= 0.6 is 0 Å². The number of allylic oxidation sites excluding steroid dienone is 3. The lowest BCUT2D eigenvalue weighted by Crippen LogP contribution is -2.10. The third kappa shape index (κ3) is 5.22. The fourth-order valence-electron chi connectivity index (χ4n) is 2.13. The minimum absolute atomic E-state index is 0.000367. The van der Waals surface area contributed by atoms with Gasteiger partial charge in [-0.3, -0.25) is 0 Å². The molecule has 8 nitrogen and oxygen atoms in total. The summed E-state index contributed by atoms with van der Waals surface area (Å²) in [6.45, 7) is 6.42. The van der Waals surface area contributed by atoms with Crippen molar-refractivity contribution in [3.05, 3.63) is 73.2 Å². The molecule has 2 aromatic heterocycles. The number of aromatic nitrogens is 4. The van der Waals surface area contributed by atoms with Crippen LogP contribution in [0.1, 0.15) is 0 Å². The quantitative estimate of drug-likeness (QED) is 0.542. The molecule has 1 aromatic carbocycles. The number of nitrogens with two attached hydrogens (primary N) is 1. The van der Waals surface area contributed by atoms with E-state index >= 15 is 0 Å². The Labute approximate surface area is 168 Å². The first-order valence-electron chi connectivity index (χ1n) is 8.31. The van der Waals surface area contributed by atoms with Crippen LogP contribution in [-0.2, 0) is 0 Å². The highest BCUT2D eigenvalue weighted by Gasteiger charge is 2.30. The molecule has 0 saturated heterocycles. The Balaban J connectivity index is 1.70. The van der Waals surface area contributed by atoms with E-state index in [1.807, 2.05) is 0 Å². The van der Waals surface area contributed by atoms with Crippen LogP contribution < -0.4 is 15.8 Å². The first kappa shape index (κ1) is 20.6. The van der Waals surface area contributed by atoms with Gasteiger partial charge in [0, 0.05) is 17.3 Å². The summed E-state index contributed by atoms with van der Waals surface area (Å²) in [6.07, 6.45) is -1.32. The minimum atomic E-state index is -4.56. The average Bonchev–Trinajstić information content (AvgIpc) is 3.16. The lowest BCUT2D eigenvalue weighted by atomic mass is 10.2. The molecular weight excluding hydrogens is 401 g/mol. The Morgan fingerprint density at radius 1 is 1.17 bits per heavy atom. The largest absolute Gasteiger partial charge is 0.439 e. The molecule has 0 fully saturated rings. The van der Waals surface area contributed by atoms with Crippen molar-refractivity contribution in [1.29, 1.82) is 0 Å². The van der Waals surface area contributed by atoms with Gasteiger partial charge in [0.1, 0.15) is 17.9 Å². The first-order valence-corrected chi connectivity index (χ1v) is 8.31. The van der Waals surface area contributed by atoms with Crippen LogP contribution in [-0.4, -0.2) is 26.3 Å². The van der Waals surface area contributed by atoms with Gasteiger partial charge < -0.3 is 20.2 Å². The summed E-state index contributed by atoms with van der Waals surface area (Å²) < 4.78 is 48.8. The van der Waals surface area contributed by atoms with Crippen molar-refractivity contribution in [2.24, 2.45) is 0 Å². The predicted octanol–water partition coefficient (Wildman–Crippen LogP) is 4.50. The fourth-order valence-corrected chi connectivity index (χ4v) is 2.13. The number of nitrogens with one attached hydrogen (secondary N) is 1. The molecule has 3 N–H and O–H groups in total. The van der Waals surface area contributed by atoms with Crippen molar-refractivity contribution >= 4 is 11.8 Å². The van der Waals surface area contributed by atoms with Crippen molar-refractivity contribution in [3.63, 3.8) is 0 Å². The maximum atomic E-state index is 12.6. The lowest BCUT2D eigenvalue weighted by Gasteiger charge is -2.07. The fraction of sp³-hybridized carbons (Fsp3) is 0.0526. The van der Waals surface area contributed by atoms with Crippen molar-refractivity contribution in [1.82, 2.24) is 20.2 Å². The van der Waals surface area contributed by atoms with Crippen molar-refractivity contribution in [3.8, 4) is 23.1 Å². The Kier molecular flexibility index (Phi) is 5.81. The molecule has 0 atom stereocenters. The number of anilines is 2. The molecule has 0 aliphatic rings. The molecule has 3 aromatic rings. The molecule has 0 bridgehead atoms. The summed E-state index contributed by atoms with van der Waals surface area (Å²) in [6, 6.07) is 7.98. The Bertz CT molecular complexity index is 1090. The summed E-state index contributed by atoms with van der Waals surface area (Å²) in [7, 11) is 0. The van der Waals surface area contributed by atoms with Crippen molar-refractivity contribution < 1.29 is 22.3 Å². The number of halogens is 3. The van der Waals surface area contributed by atoms with E-state index in [0.717, 1.165) is 6.08 Å². The van der Waals surface area contributed by atoms with Crippen LogP contribution in [0.5, 0.6) is 11.6 Å². The smallest absolute Gasteiger partial charge is 0.415 e. The summed E-state index contributed by atoms with van der Waals surface area (Å²) in [5.41, 5.74) is 5.09. The number of alkyl halides is 3. The third-order valence-corrected chi connectivity index (χ3v) is 3.58. The van der Waals surface area contributed by atoms with E-state index in [0.29, 0.717) is 11.3 Å². The number of nitrogen functional groups attached to an aromatic ring is 1. The molecule has 3 rings (SSSR count). The van der Waals surface area contributed by atoms with Crippen LogP contribution in [0, 0.1) is 0 Å². The molecular formula is C19H15F3N6O2. The Hall–Kier alpha value is -4.15. The van der Waals surface area contributed by atoms with E-state index in [4.69, 9.17) is 14.9 Å². The van der Waals surface area contributed by atoms with Crippen molar-refractivity contribution in [2.75, 3.05) is 11.1 Å². The molecule has 30 heavy (non-hydrogen) atoms. The summed E-state index contributed by atoms with van der Waals surface area (Å²) in [5.74, 6) is 1.18. The van der Waals surface area contributed by atoms with Gasteiger partial charge in [-0.1, -0.05) is 18.3 Å². The molecule has 0 amide bonds. The molecule has 11 heteroatoms. The van der Waals surface area contributed by atoms with Crippen molar-refractivity contribution in [2.45, 2.75) is 6.18 Å². The number of ether oxygens (including phenoxy) is 1. The van der Waals surface area contributed by atoms with E-state index in [2.05, 4.69) is 38.6 Å². The minimum Gasteiger partial charge on any atom is -0.439 e. The van der Waals surface area contributed by atoms with Gasteiger partial charge in [0.15, 0.2) is 0 Å². The van der Waals surface area contributed by atoms with Gasteiger partial charge in [0.2, 0.25) is 11.8 Å². The number of hydrogen-bond acceptors (Lipinski definition) is 8. The standard InChI is InChI=1S/C19H15F3N6O2/c1-3-13(8-11(2)19(20,21)22)26-18-28-27-17(30-18)12-4-6-14(7-5-12)29-16-9-15(23)24-10-25-16/h3-10H,1-2H2,(H,26,28)(H2,23,24,25)/b13-8+. The molecule has 0 spiro atoms. The van der Waals surface area contributed by atoms with E-state index in [1.165, 1.54) is 18.5 Å². The topological polar surface area (TPSA) is 112 Å². The van der Waals surface area contributed by atoms with E-state index < -0.39 is 11.7 Å². The Morgan fingerprint density at radius 2 is 1.90 bits per heavy atom. The zero-order chi connectivity index (χ0) is 21.7. The molecule has 0 radical (unpaired) electrons. The van der Waals surface area contributed by atoms with Crippen LogP contribution in [0.3, 0.4) is 0 Å².